The van der Waals surface area contributed by atoms with E-state index in [9.17, 15) is 9.59 Å². The van der Waals surface area contributed by atoms with Crippen molar-refractivity contribution in [2.75, 3.05) is 14.2 Å². The number of carbonyl (C=O) groups is 2. The van der Waals surface area contributed by atoms with Crippen molar-refractivity contribution in [3.8, 4) is 0 Å². The SMILES string of the molecule is CON(C)C(=O)C(O[C@H]1C=CC=CO1)[C@@H](Cc1ccccc1)NC(C)=O. The fourth-order valence-electron chi connectivity index (χ4n) is 2.55. The van der Waals surface area contributed by atoms with Crippen molar-refractivity contribution in [2.45, 2.75) is 31.8 Å². The van der Waals surface area contributed by atoms with Gasteiger partial charge in [-0.15, -0.1) is 0 Å². The number of ether oxygens (including phenoxy) is 2. The highest BCUT2D eigenvalue weighted by Gasteiger charge is 2.35. The summed E-state index contributed by atoms with van der Waals surface area (Å²) in [4.78, 5) is 29.5. The maximum Gasteiger partial charge on any atom is 0.277 e. The standard InChI is InChI=1S/C19H24N2O5/c1-14(22)20-16(13-15-9-5-4-6-10-15)18(19(23)21(2)24-3)26-17-11-7-8-12-25-17/h4-12,16-18H,13H2,1-3H3,(H,20,22)/t16-,17+,18?/m1/s1. The molecule has 7 nitrogen and oxygen atoms in total. The molecule has 0 aromatic heterocycles. The highest BCUT2D eigenvalue weighted by Crippen LogP contribution is 2.16. The second kappa shape index (κ2) is 9.74. The molecule has 26 heavy (non-hydrogen) atoms. The summed E-state index contributed by atoms with van der Waals surface area (Å²) in [5.74, 6) is -0.680. The molecular weight excluding hydrogens is 336 g/mol. The number of benzene rings is 1. The monoisotopic (exact) mass is 360 g/mol. The number of amides is 2. The molecular formula is C19H24N2O5. The summed E-state index contributed by atoms with van der Waals surface area (Å²) in [5.41, 5.74) is 0.965. The number of hydroxylamine groups is 2. The van der Waals surface area contributed by atoms with Crippen molar-refractivity contribution in [1.29, 1.82) is 0 Å². The second-order valence-corrected chi connectivity index (χ2v) is 5.79. The number of hydrogen-bond donors (Lipinski definition) is 1. The Bertz CT molecular complexity index is 659. The van der Waals surface area contributed by atoms with E-state index in [2.05, 4.69) is 5.32 Å². The van der Waals surface area contributed by atoms with Gasteiger partial charge in [0.2, 0.25) is 12.2 Å². The van der Waals surface area contributed by atoms with Gasteiger partial charge in [-0.3, -0.25) is 14.4 Å². The molecule has 140 valence electrons. The third kappa shape index (κ3) is 5.72. The van der Waals surface area contributed by atoms with Crippen LogP contribution < -0.4 is 5.32 Å². The van der Waals surface area contributed by atoms with Crippen LogP contribution in [-0.2, 0) is 30.3 Å². The minimum Gasteiger partial charge on any atom is -0.469 e. The maximum absolute atomic E-state index is 12.8. The van der Waals surface area contributed by atoms with Gasteiger partial charge in [0.25, 0.3) is 5.91 Å². The van der Waals surface area contributed by atoms with Gasteiger partial charge >= 0.3 is 0 Å². The lowest BCUT2D eigenvalue weighted by Gasteiger charge is -2.31. The van der Waals surface area contributed by atoms with Crippen LogP contribution in [0.1, 0.15) is 12.5 Å². The lowest BCUT2D eigenvalue weighted by atomic mass is 10.00. The van der Waals surface area contributed by atoms with Gasteiger partial charge < -0.3 is 14.8 Å². The first-order valence-electron chi connectivity index (χ1n) is 8.28. The average Bonchev–Trinajstić information content (AvgIpc) is 2.65. The van der Waals surface area contributed by atoms with Crippen LogP contribution in [0, 0.1) is 0 Å². The van der Waals surface area contributed by atoms with E-state index in [1.165, 1.54) is 27.3 Å². The van der Waals surface area contributed by atoms with Crippen molar-refractivity contribution in [1.82, 2.24) is 10.4 Å². The van der Waals surface area contributed by atoms with E-state index >= 15 is 0 Å². The molecule has 3 atom stereocenters. The third-order valence-corrected chi connectivity index (χ3v) is 3.83. The van der Waals surface area contributed by atoms with Crippen molar-refractivity contribution in [3.63, 3.8) is 0 Å². The van der Waals surface area contributed by atoms with Gasteiger partial charge in [0.05, 0.1) is 19.4 Å². The Morgan fingerprint density at radius 1 is 1.27 bits per heavy atom. The maximum atomic E-state index is 12.8. The molecule has 1 aliphatic rings. The average molecular weight is 360 g/mol. The topological polar surface area (TPSA) is 77.1 Å². The fourth-order valence-corrected chi connectivity index (χ4v) is 2.55. The number of rotatable bonds is 8. The van der Waals surface area contributed by atoms with Gasteiger partial charge in [0, 0.05) is 14.0 Å². The molecule has 1 unspecified atom stereocenters. The Kier molecular flexibility index (Phi) is 7.37. The molecule has 0 saturated carbocycles. The van der Waals surface area contributed by atoms with Crippen LogP contribution in [0.25, 0.3) is 0 Å². The summed E-state index contributed by atoms with van der Waals surface area (Å²) in [6.07, 6.45) is 5.34. The molecule has 0 saturated heterocycles. The Morgan fingerprint density at radius 2 is 2.00 bits per heavy atom. The first kappa shape index (κ1) is 19.7. The number of likely N-dealkylation sites (N-methyl/N-ethyl adjacent to an activating group) is 1. The first-order chi connectivity index (χ1) is 12.5. The molecule has 1 aromatic rings. The number of hydrogen-bond acceptors (Lipinski definition) is 5. The summed E-state index contributed by atoms with van der Waals surface area (Å²) >= 11 is 0. The van der Waals surface area contributed by atoms with Gasteiger partial charge in [-0.25, -0.2) is 5.06 Å². The van der Waals surface area contributed by atoms with Crippen LogP contribution in [0.15, 0.2) is 54.8 Å². The second-order valence-electron chi connectivity index (χ2n) is 5.79. The summed E-state index contributed by atoms with van der Waals surface area (Å²) < 4.78 is 11.2. The fraction of sp³-hybridized carbons (Fsp3) is 0.368. The van der Waals surface area contributed by atoms with Crippen LogP contribution in [0.3, 0.4) is 0 Å². The molecule has 0 fully saturated rings. The van der Waals surface area contributed by atoms with E-state index < -0.39 is 24.3 Å². The Balaban J connectivity index is 2.25. The quantitative estimate of drug-likeness (QED) is 0.712. The number of nitrogens with zero attached hydrogens (tertiary/aromatic N) is 1. The molecule has 2 rings (SSSR count). The van der Waals surface area contributed by atoms with Crippen molar-refractivity contribution in [2.24, 2.45) is 0 Å². The molecule has 0 spiro atoms. The third-order valence-electron chi connectivity index (χ3n) is 3.83. The van der Waals surface area contributed by atoms with Gasteiger partial charge in [-0.05, 0) is 24.1 Å². The molecule has 1 aliphatic heterocycles. The normalized spacial score (nSPS) is 17.9. The number of nitrogens with one attached hydrogen (secondary N) is 1. The molecule has 2 amide bonds. The molecule has 7 heteroatoms. The van der Waals surface area contributed by atoms with E-state index in [-0.39, 0.29) is 5.91 Å². The minimum absolute atomic E-state index is 0.257. The van der Waals surface area contributed by atoms with Crippen LogP contribution in [0.2, 0.25) is 0 Å². The smallest absolute Gasteiger partial charge is 0.277 e. The van der Waals surface area contributed by atoms with Gasteiger partial charge in [-0.2, -0.15) is 0 Å². The Morgan fingerprint density at radius 3 is 2.58 bits per heavy atom. The van der Waals surface area contributed by atoms with Gasteiger partial charge in [0.15, 0.2) is 6.10 Å². The highest BCUT2D eigenvalue weighted by atomic mass is 16.7. The molecule has 0 bridgehead atoms. The lowest BCUT2D eigenvalue weighted by molar-refractivity contribution is -0.195. The largest absolute Gasteiger partial charge is 0.469 e. The van der Waals surface area contributed by atoms with Crippen molar-refractivity contribution >= 4 is 11.8 Å². The first-order valence-corrected chi connectivity index (χ1v) is 8.28. The van der Waals surface area contributed by atoms with Gasteiger partial charge in [0.1, 0.15) is 0 Å². The van der Waals surface area contributed by atoms with Crippen molar-refractivity contribution in [3.05, 3.63) is 60.4 Å². The highest BCUT2D eigenvalue weighted by molar-refractivity contribution is 5.82. The van der Waals surface area contributed by atoms with Crippen molar-refractivity contribution < 1.29 is 23.9 Å². The molecule has 1 aromatic carbocycles. The van der Waals surface area contributed by atoms with E-state index in [1.807, 2.05) is 30.3 Å². The molecule has 0 aliphatic carbocycles. The summed E-state index contributed by atoms with van der Waals surface area (Å²) in [6.45, 7) is 1.40. The van der Waals surface area contributed by atoms with E-state index in [4.69, 9.17) is 14.3 Å². The zero-order valence-electron chi connectivity index (χ0n) is 15.1. The summed E-state index contributed by atoms with van der Waals surface area (Å²) in [7, 11) is 2.88. The van der Waals surface area contributed by atoms with Gasteiger partial charge in [-0.1, -0.05) is 36.4 Å². The van der Waals surface area contributed by atoms with E-state index in [0.717, 1.165) is 10.6 Å². The Labute approximate surface area is 153 Å². The zero-order valence-corrected chi connectivity index (χ0v) is 15.1. The molecule has 1 N–H and O–H groups in total. The van der Waals surface area contributed by atoms with E-state index in [1.54, 1.807) is 18.2 Å². The lowest BCUT2D eigenvalue weighted by Crippen LogP contribution is -2.53. The minimum atomic E-state index is -0.995. The molecule has 1 heterocycles. The summed E-state index contributed by atoms with van der Waals surface area (Å²) in [5, 5.41) is 3.89. The predicted molar refractivity (Wildman–Crippen MR) is 95.6 cm³/mol. The van der Waals surface area contributed by atoms with Crippen LogP contribution in [0.4, 0.5) is 0 Å². The Hall–Kier alpha value is -2.64. The zero-order chi connectivity index (χ0) is 18.9. The number of carbonyl (C=O) groups excluding carboxylic acids is 2. The van der Waals surface area contributed by atoms with Crippen LogP contribution >= 0.6 is 0 Å². The summed E-state index contributed by atoms with van der Waals surface area (Å²) in [6, 6.07) is 8.96. The van der Waals surface area contributed by atoms with E-state index in [0.29, 0.717) is 6.42 Å². The molecule has 0 radical (unpaired) electrons. The van der Waals surface area contributed by atoms with Crippen LogP contribution in [0.5, 0.6) is 0 Å². The van der Waals surface area contributed by atoms with Crippen LogP contribution in [-0.4, -0.2) is 49.5 Å². The predicted octanol–water partition coefficient (Wildman–Crippen LogP) is 1.56. The number of allylic oxidation sites excluding steroid dienone is 2.